The fourth-order valence-electron chi connectivity index (χ4n) is 1.41. The van der Waals surface area contributed by atoms with Crippen LogP contribution in [0.15, 0.2) is 12.1 Å². The van der Waals surface area contributed by atoms with Gasteiger partial charge in [-0.2, -0.15) is 0 Å². The molecule has 1 N–H and O–H groups in total. The molecule has 1 aromatic heterocycles. The van der Waals surface area contributed by atoms with Gasteiger partial charge in [-0.15, -0.1) is 0 Å². The Balaban J connectivity index is 2.00. The fourth-order valence-corrected chi connectivity index (χ4v) is 1.58. The third kappa shape index (κ3) is 3.56. The van der Waals surface area contributed by atoms with Crippen LogP contribution < -0.4 is 10.1 Å². The molecule has 1 aromatic rings. The van der Waals surface area contributed by atoms with Gasteiger partial charge in [-0.05, 0) is 6.07 Å². The number of ether oxygens (including phenoxy) is 2. The molecule has 2 rings (SSSR count). The molecule has 0 radical (unpaired) electrons. The van der Waals surface area contributed by atoms with E-state index in [0.717, 1.165) is 5.69 Å². The molecule has 1 saturated heterocycles. The molecule has 0 aromatic carbocycles. The molecule has 4 nitrogen and oxygen atoms in total. The molecule has 0 amide bonds. The van der Waals surface area contributed by atoms with E-state index in [1.54, 1.807) is 6.07 Å². The molecule has 1 fully saturated rings. The minimum absolute atomic E-state index is 0.134. The van der Waals surface area contributed by atoms with E-state index in [-0.39, 0.29) is 6.10 Å². The van der Waals surface area contributed by atoms with Crippen LogP contribution >= 0.6 is 11.6 Å². The van der Waals surface area contributed by atoms with Gasteiger partial charge in [0.15, 0.2) is 0 Å². The van der Waals surface area contributed by atoms with Gasteiger partial charge < -0.3 is 14.8 Å². The van der Waals surface area contributed by atoms with Gasteiger partial charge in [0.1, 0.15) is 6.10 Å². The molecule has 0 saturated carbocycles. The van der Waals surface area contributed by atoms with Gasteiger partial charge in [0.2, 0.25) is 5.88 Å². The molecule has 0 spiro atoms. The maximum absolute atomic E-state index is 6.08. The highest BCUT2D eigenvalue weighted by Crippen LogP contribution is 2.20. The van der Waals surface area contributed by atoms with Crippen molar-refractivity contribution >= 4 is 11.6 Å². The maximum atomic E-state index is 6.08. The summed E-state index contributed by atoms with van der Waals surface area (Å²) in [6.45, 7) is 6.10. The molecular formula is C12H17ClN2O2. The van der Waals surface area contributed by atoms with Crippen molar-refractivity contribution in [3.8, 4) is 5.88 Å². The van der Waals surface area contributed by atoms with Gasteiger partial charge in [-0.25, -0.2) is 4.98 Å². The first-order valence-electron chi connectivity index (χ1n) is 5.78. The van der Waals surface area contributed by atoms with Crippen LogP contribution in [-0.4, -0.2) is 30.3 Å². The minimum atomic E-state index is 0.134. The molecule has 0 atom stereocenters. The Morgan fingerprint density at radius 3 is 2.88 bits per heavy atom. The number of hydrogen-bond donors (Lipinski definition) is 1. The van der Waals surface area contributed by atoms with E-state index in [4.69, 9.17) is 21.1 Å². The van der Waals surface area contributed by atoms with Crippen LogP contribution in [0.25, 0.3) is 0 Å². The van der Waals surface area contributed by atoms with Crippen molar-refractivity contribution in [3.05, 3.63) is 22.8 Å². The van der Waals surface area contributed by atoms with E-state index in [1.165, 1.54) is 0 Å². The summed E-state index contributed by atoms with van der Waals surface area (Å²) in [4.78, 5) is 4.39. The SMILES string of the molecule is CC(C)NCc1nc(OC2COC2)ccc1Cl. The van der Waals surface area contributed by atoms with Crippen LogP contribution in [0.4, 0.5) is 0 Å². The monoisotopic (exact) mass is 256 g/mol. The van der Waals surface area contributed by atoms with E-state index in [9.17, 15) is 0 Å². The van der Waals surface area contributed by atoms with E-state index in [0.29, 0.717) is 36.7 Å². The largest absolute Gasteiger partial charge is 0.469 e. The van der Waals surface area contributed by atoms with Gasteiger partial charge in [0, 0.05) is 18.7 Å². The molecule has 0 unspecified atom stereocenters. The van der Waals surface area contributed by atoms with Gasteiger partial charge >= 0.3 is 0 Å². The lowest BCUT2D eigenvalue weighted by Gasteiger charge is -2.26. The van der Waals surface area contributed by atoms with Crippen molar-refractivity contribution in [2.45, 2.75) is 32.5 Å². The molecule has 0 aliphatic carbocycles. The average Bonchev–Trinajstić information content (AvgIpc) is 2.23. The molecule has 1 aliphatic heterocycles. The van der Waals surface area contributed by atoms with Crippen LogP contribution in [0.5, 0.6) is 5.88 Å². The van der Waals surface area contributed by atoms with E-state index < -0.39 is 0 Å². The van der Waals surface area contributed by atoms with Crippen LogP contribution in [0.2, 0.25) is 5.02 Å². The number of hydrogen-bond acceptors (Lipinski definition) is 4. The number of rotatable bonds is 5. The third-order valence-electron chi connectivity index (χ3n) is 2.47. The zero-order chi connectivity index (χ0) is 12.3. The van der Waals surface area contributed by atoms with Gasteiger partial charge in [0.05, 0.1) is 23.9 Å². The van der Waals surface area contributed by atoms with Crippen LogP contribution in [0.1, 0.15) is 19.5 Å². The second-order valence-corrected chi connectivity index (χ2v) is 4.80. The van der Waals surface area contributed by atoms with E-state index >= 15 is 0 Å². The molecule has 17 heavy (non-hydrogen) atoms. The summed E-state index contributed by atoms with van der Waals surface area (Å²) in [6, 6.07) is 4.01. The molecule has 2 heterocycles. The third-order valence-corrected chi connectivity index (χ3v) is 2.81. The van der Waals surface area contributed by atoms with E-state index in [2.05, 4.69) is 24.1 Å². The minimum Gasteiger partial charge on any atom is -0.469 e. The second-order valence-electron chi connectivity index (χ2n) is 4.39. The first kappa shape index (κ1) is 12.6. The molecule has 0 bridgehead atoms. The van der Waals surface area contributed by atoms with Crippen molar-refractivity contribution in [2.75, 3.05) is 13.2 Å². The van der Waals surface area contributed by atoms with Crippen molar-refractivity contribution in [3.63, 3.8) is 0 Å². The number of nitrogens with one attached hydrogen (secondary N) is 1. The summed E-state index contributed by atoms with van der Waals surface area (Å²) >= 11 is 6.08. The Hall–Kier alpha value is -0.840. The lowest BCUT2D eigenvalue weighted by molar-refractivity contribution is -0.0813. The Labute approximate surface area is 106 Å². The number of nitrogens with zero attached hydrogens (tertiary/aromatic N) is 1. The first-order valence-corrected chi connectivity index (χ1v) is 6.16. The fraction of sp³-hybridized carbons (Fsp3) is 0.583. The Kier molecular flexibility index (Phi) is 4.20. The van der Waals surface area contributed by atoms with Gasteiger partial charge in [-0.3, -0.25) is 0 Å². The van der Waals surface area contributed by atoms with E-state index in [1.807, 2.05) is 6.07 Å². The maximum Gasteiger partial charge on any atom is 0.214 e. The van der Waals surface area contributed by atoms with Gasteiger partial charge in [-0.1, -0.05) is 25.4 Å². The number of pyridine rings is 1. The molecule has 1 aliphatic rings. The van der Waals surface area contributed by atoms with Crippen LogP contribution in [0.3, 0.4) is 0 Å². The van der Waals surface area contributed by atoms with Gasteiger partial charge in [0.25, 0.3) is 0 Å². The highest BCUT2D eigenvalue weighted by atomic mass is 35.5. The number of halogens is 1. The summed E-state index contributed by atoms with van der Waals surface area (Å²) in [7, 11) is 0. The topological polar surface area (TPSA) is 43.4 Å². The normalized spacial score (nSPS) is 16.0. The van der Waals surface area contributed by atoms with Crippen molar-refractivity contribution in [1.29, 1.82) is 0 Å². The lowest BCUT2D eigenvalue weighted by Crippen LogP contribution is -2.38. The summed E-state index contributed by atoms with van der Waals surface area (Å²) in [5.41, 5.74) is 0.818. The lowest BCUT2D eigenvalue weighted by atomic mass is 10.3. The van der Waals surface area contributed by atoms with Crippen molar-refractivity contribution in [2.24, 2.45) is 0 Å². The second kappa shape index (κ2) is 5.67. The smallest absolute Gasteiger partial charge is 0.214 e. The Bertz CT molecular complexity index is 381. The Morgan fingerprint density at radius 2 is 2.29 bits per heavy atom. The number of aromatic nitrogens is 1. The van der Waals surface area contributed by atoms with Crippen molar-refractivity contribution < 1.29 is 9.47 Å². The standard InChI is InChI=1S/C12H17ClN2O2/c1-8(2)14-5-11-10(13)3-4-12(15-11)17-9-6-16-7-9/h3-4,8-9,14H,5-7H2,1-2H3. The zero-order valence-corrected chi connectivity index (χ0v) is 10.8. The average molecular weight is 257 g/mol. The van der Waals surface area contributed by atoms with Crippen LogP contribution in [0, 0.1) is 0 Å². The summed E-state index contributed by atoms with van der Waals surface area (Å²) in [5.74, 6) is 0.614. The Morgan fingerprint density at radius 1 is 1.53 bits per heavy atom. The summed E-state index contributed by atoms with van der Waals surface area (Å²) in [6.07, 6.45) is 0.134. The first-order chi connectivity index (χ1) is 8.15. The molecule has 94 valence electrons. The highest BCUT2D eigenvalue weighted by Gasteiger charge is 2.20. The van der Waals surface area contributed by atoms with Crippen LogP contribution in [-0.2, 0) is 11.3 Å². The van der Waals surface area contributed by atoms with Crippen molar-refractivity contribution in [1.82, 2.24) is 10.3 Å². The highest BCUT2D eigenvalue weighted by molar-refractivity contribution is 6.31. The zero-order valence-electron chi connectivity index (χ0n) is 10.1. The summed E-state index contributed by atoms with van der Waals surface area (Å²) < 4.78 is 10.7. The molecular weight excluding hydrogens is 240 g/mol. The summed E-state index contributed by atoms with van der Waals surface area (Å²) in [5, 5.41) is 3.95. The quantitative estimate of drug-likeness (QED) is 0.875. The predicted molar refractivity (Wildman–Crippen MR) is 66.5 cm³/mol. The predicted octanol–water partition coefficient (Wildman–Crippen LogP) is 2.01. The molecule has 5 heteroatoms.